The van der Waals surface area contributed by atoms with E-state index < -0.39 is 20.7 Å². The summed E-state index contributed by atoms with van der Waals surface area (Å²) in [7, 11) is 1.04. The van der Waals surface area contributed by atoms with Crippen molar-refractivity contribution in [3.63, 3.8) is 0 Å². The molecule has 0 heterocycles. The van der Waals surface area contributed by atoms with Gasteiger partial charge in [-0.05, 0) is 18.2 Å². The van der Waals surface area contributed by atoms with E-state index in [1.165, 1.54) is 0 Å². The number of rotatable bonds is 2. The topological polar surface area (TPSA) is 34.1 Å². The molecular formula is C8H5ClF2O2S. The average Bonchev–Trinajstić information content (AvgIpc) is 2.00. The van der Waals surface area contributed by atoms with Crippen LogP contribution in [0.15, 0.2) is 23.6 Å². The fraction of sp³-hybridized carbons (Fsp3) is 0. The van der Waals surface area contributed by atoms with Crippen LogP contribution in [0.25, 0.3) is 6.08 Å². The van der Waals surface area contributed by atoms with E-state index in [2.05, 4.69) is 0 Å². The molecule has 1 aromatic carbocycles. The lowest BCUT2D eigenvalue weighted by Gasteiger charge is -1.95. The molecule has 0 aliphatic heterocycles. The smallest absolute Gasteiger partial charge is 0.208 e. The first kappa shape index (κ1) is 11.1. The van der Waals surface area contributed by atoms with Gasteiger partial charge in [-0.3, -0.25) is 0 Å². The van der Waals surface area contributed by atoms with Crippen molar-refractivity contribution in [3.8, 4) is 0 Å². The molecule has 0 aromatic heterocycles. The maximum absolute atomic E-state index is 12.9. The zero-order chi connectivity index (χ0) is 10.8. The van der Waals surface area contributed by atoms with Crippen LogP contribution in [0.5, 0.6) is 0 Å². The van der Waals surface area contributed by atoms with Crippen molar-refractivity contribution in [1.29, 1.82) is 0 Å². The minimum absolute atomic E-state index is 0.0457. The first-order valence-electron chi connectivity index (χ1n) is 3.46. The molecule has 0 N–H and O–H groups in total. The highest BCUT2D eigenvalue weighted by molar-refractivity contribution is 8.16. The summed E-state index contributed by atoms with van der Waals surface area (Å²) in [6.45, 7) is 0. The molecule has 0 fully saturated rings. The molecule has 0 saturated heterocycles. The highest BCUT2D eigenvalue weighted by Crippen LogP contribution is 2.12. The Kier molecular flexibility index (Phi) is 3.23. The largest absolute Gasteiger partial charge is 0.254 e. The molecule has 0 amide bonds. The Hall–Kier alpha value is -0.940. The van der Waals surface area contributed by atoms with Crippen LogP contribution in [-0.2, 0) is 9.05 Å². The van der Waals surface area contributed by atoms with E-state index in [9.17, 15) is 17.2 Å². The molecule has 76 valence electrons. The quantitative estimate of drug-likeness (QED) is 0.742. The van der Waals surface area contributed by atoms with E-state index in [0.29, 0.717) is 11.5 Å². The van der Waals surface area contributed by atoms with Crippen molar-refractivity contribution in [2.75, 3.05) is 0 Å². The Morgan fingerprint density at radius 2 is 1.93 bits per heavy atom. The highest BCUT2D eigenvalue weighted by Gasteiger charge is 2.02. The van der Waals surface area contributed by atoms with E-state index in [0.717, 1.165) is 18.2 Å². The summed E-state index contributed by atoms with van der Waals surface area (Å²) in [6, 6.07) is 2.79. The minimum Gasteiger partial charge on any atom is -0.208 e. The third kappa shape index (κ3) is 3.43. The summed E-state index contributed by atoms with van der Waals surface area (Å²) in [5.41, 5.74) is -0.0457. The normalized spacial score (nSPS) is 12.2. The van der Waals surface area contributed by atoms with Gasteiger partial charge in [0, 0.05) is 27.7 Å². The second-order valence-electron chi connectivity index (χ2n) is 2.44. The van der Waals surface area contributed by atoms with Crippen LogP contribution < -0.4 is 0 Å². The lowest BCUT2D eigenvalue weighted by atomic mass is 10.2. The number of hydrogen-bond donors (Lipinski definition) is 0. The SMILES string of the molecule is O=S(=O)(Cl)/C=C/c1ccc(F)cc1F. The van der Waals surface area contributed by atoms with Crippen LogP contribution in [0.4, 0.5) is 8.78 Å². The Bertz CT molecular complexity index is 468. The number of hydrogen-bond acceptors (Lipinski definition) is 2. The van der Waals surface area contributed by atoms with E-state index in [4.69, 9.17) is 10.7 Å². The van der Waals surface area contributed by atoms with Crippen molar-refractivity contribution in [2.45, 2.75) is 0 Å². The van der Waals surface area contributed by atoms with Crippen LogP contribution in [0.2, 0.25) is 0 Å². The zero-order valence-electron chi connectivity index (χ0n) is 6.75. The summed E-state index contributed by atoms with van der Waals surface area (Å²) in [6.07, 6.45) is 0.955. The minimum atomic E-state index is -3.82. The van der Waals surface area contributed by atoms with Gasteiger partial charge in [-0.1, -0.05) is 0 Å². The molecule has 0 bridgehead atoms. The van der Waals surface area contributed by atoms with Crippen LogP contribution in [0.3, 0.4) is 0 Å². The summed E-state index contributed by atoms with van der Waals surface area (Å²) < 4.78 is 46.2. The van der Waals surface area contributed by atoms with Crippen molar-refractivity contribution >= 4 is 25.8 Å². The Morgan fingerprint density at radius 1 is 1.29 bits per heavy atom. The van der Waals surface area contributed by atoms with E-state index in [1.807, 2.05) is 0 Å². The lowest BCUT2D eigenvalue weighted by Crippen LogP contribution is -1.85. The molecule has 0 unspecified atom stereocenters. The van der Waals surface area contributed by atoms with Crippen molar-refractivity contribution < 1.29 is 17.2 Å². The van der Waals surface area contributed by atoms with Crippen LogP contribution in [0.1, 0.15) is 5.56 Å². The molecule has 0 aliphatic rings. The molecule has 0 spiro atoms. The van der Waals surface area contributed by atoms with Crippen LogP contribution in [-0.4, -0.2) is 8.42 Å². The molecule has 1 rings (SSSR count). The molecule has 6 heteroatoms. The maximum Gasteiger partial charge on any atom is 0.254 e. The van der Waals surface area contributed by atoms with Crippen LogP contribution in [0, 0.1) is 11.6 Å². The first-order chi connectivity index (χ1) is 6.38. The fourth-order valence-corrected chi connectivity index (χ4v) is 1.25. The van der Waals surface area contributed by atoms with E-state index >= 15 is 0 Å². The third-order valence-corrected chi connectivity index (χ3v) is 2.14. The van der Waals surface area contributed by atoms with Crippen molar-refractivity contribution in [1.82, 2.24) is 0 Å². The Labute approximate surface area is 84.2 Å². The Morgan fingerprint density at radius 3 is 2.43 bits per heavy atom. The molecule has 0 atom stereocenters. The predicted octanol–water partition coefficient (Wildman–Crippen LogP) is 2.50. The third-order valence-electron chi connectivity index (χ3n) is 1.37. The maximum atomic E-state index is 12.9. The van der Waals surface area contributed by atoms with Crippen molar-refractivity contribution in [2.24, 2.45) is 0 Å². The van der Waals surface area contributed by atoms with Gasteiger partial charge in [-0.25, -0.2) is 17.2 Å². The summed E-state index contributed by atoms with van der Waals surface area (Å²) in [5.74, 6) is -1.57. The molecule has 2 nitrogen and oxygen atoms in total. The molecule has 14 heavy (non-hydrogen) atoms. The Balaban J connectivity index is 3.05. The summed E-state index contributed by atoms with van der Waals surface area (Å²) in [4.78, 5) is 0. The van der Waals surface area contributed by atoms with Gasteiger partial charge in [0.1, 0.15) is 11.6 Å². The van der Waals surface area contributed by atoms with Gasteiger partial charge >= 0.3 is 0 Å². The summed E-state index contributed by atoms with van der Waals surface area (Å²) >= 11 is 0. The monoisotopic (exact) mass is 238 g/mol. The first-order valence-corrected chi connectivity index (χ1v) is 5.83. The summed E-state index contributed by atoms with van der Waals surface area (Å²) in [5, 5.41) is 0.630. The van der Waals surface area contributed by atoms with Gasteiger partial charge in [-0.2, -0.15) is 0 Å². The standard InChI is InChI=1S/C8H5ClF2O2S/c9-14(12,13)4-3-6-1-2-7(10)5-8(6)11/h1-5H/b4-3+. The second-order valence-corrected chi connectivity index (χ2v) is 4.96. The number of benzene rings is 1. The van der Waals surface area contributed by atoms with Crippen LogP contribution >= 0.6 is 10.7 Å². The van der Waals surface area contributed by atoms with Gasteiger partial charge in [0.15, 0.2) is 0 Å². The van der Waals surface area contributed by atoms with Gasteiger partial charge in [0.25, 0.3) is 9.05 Å². The molecule has 0 radical (unpaired) electrons. The zero-order valence-corrected chi connectivity index (χ0v) is 8.32. The predicted molar refractivity (Wildman–Crippen MR) is 50.2 cm³/mol. The van der Waals surface area contributed by atoms with Gasteiger partial charge in [0.2, 0.25) is 0 Å². The van der Waals surface area contributed by atoms with Gasteiger partial charge < -0.3 is 0 Å². The molecule has 1 aromatic rings. The van der Waals surface area contributed by atoms with E-state index in [1.54, 1.807) is 0 Å². The van der Waals surface area contributed by atoms with Gasteiger partial charge in [-0.15, -0.1) is 0 Å². The van der Waals surface area contributed by atoms with Crippen molar-refractivity contribution in [3.05, 3.63) is 40.8 Å². The van der Waals surface area contributed by atoms with Gasteiger partial charge in [0.05, 0.1) is 0 Å². The molecule has 0 saturated carbocycles. The average molecular weight is 239 g/mol. The molecule has 0 aliphatic carbocycles. The van der Waals surface area contributed by atoms with E-state index in [-0.39, 0.29) is 5.56 Å². The lowest BCUT2D eigenvalue weighted by molar-refractivity contribution is 0.581. The highest BCUT2D eigenvalue weighted by atomic mass is 35.7. The second kappa shape index (κ2) is 4.06. The molecular weight excluding hydrogens is 234 g/mol. The fourth-order valence-electron chi connectivity index (χ4n) is 0.791. The number of halogens is 3.